The summed E-state index contributed by atoms with van der Waals surface area (Å²) in [5, 5.41) is 0. The molecule has 5 heteroatoms. The van der Waals surface area contributed by atoms with Gasteiger partial charge >= 0.3 is 0 Å². The summed E-state index contributed by atoms with van der Waals surface area (Å²) in [4.78, 5) is 13.5. The van der Waals surface area contributed by atoms with E-state index in [1.54, 1.807) is 0 Å². The van der Waals surface area contributed by atoms with Crippen molar-refractivity contribution in [3.05, 3.63) is 35.4 Å². The molecule has 1 aromatic carbocycles. The van der Waals surface area contributed by atoms with Gasteiger partial charge in [0.05, 0.1) is 11.1 Å². The van der Waals surface area contributed by atoms with E-state index in [1.807, 2.05) is 6.92 Å². The van der Waals surface area contributed by atoms with Gasteiger partial charge in [-0.3, -0.25) is 4.79 Å². The Balaban J connectivity index is 2.06. The van der Waals surface area contributed by atoms with E-state index in [2.05, 4.69) is 0 Å². The second-order valence-corrected chi connectivity index (χ2v) is 4.90. The fourth-order valence-corrected chi connectivity index (χ4v) is 2.35. The maximum Gasteiger partial charge on any atom is 0.256 e. The van der Waals surface area contributed by atoms with Crippen LogP contribution in [-0.2, 0) is 0 Å². The van der Waals surface area contributed by atoms with Gasteiger partial charge in [0.15, 0.2) is 0 Å². The lowest BCUT2D eigenvalue weighted by atomic mass is 9.86. The molecule has 98 valence electrons. The average Bonchev–Trinajstić information content (AvgIpc) is 2.25. The van der Waals surface area contributed by atoms with E-state index in [4.69, 9.17) is 5.73 Å². The predicted molar refractivity (Wildman–Crippen MR) is 64.1 cm³/mol. The highest BCUT2D eigenvalue weighted by atomic mass is 19.1. The third-order valence-electron chi connectivity index (χ3n) is 3.21. The molecule has 1 amide bonds. The molecule has 1 aromatic rings. The number of benzene rings is 1. The van der Waals surface area contributed by atoms with E-state index in [0.29, 0.717) is 13.1 Å². The smallest absolute Gasteiger partial charge is 0.256 e. The Morgan fingerprint density at radius 2 is 2.11 bits per heavy atom. The fraction of sp³-hybridized carbons (Fsp3) is 0.462. The number of nitrogens with two attached hydrogens (primary N) is 1. The van der Waals surface area contributed by atoms with E-state index in [1.165, 1.54) is 11.0 Å². The van der Waals surface area contributed by atoms with Crippen LogP contribution >= 0.6 is 0 Å². The highest BCUT2D eigenvalue weighted by molar-refractivity contribution is 5.95. The first kappa shape index (κ1) is 13.0. The van der Waals surface area contributed by atoms with Gasteiger partial charge in [-0.15, -0.1) is 0 Å². The summed E-state index contributed by atoms with van der Waals surface area (Å²) in [5.74, 6) is -1.94. The van der Waals surface area contributed by atoms with Gasteiger partial charge in [-0.05, 0) is 18.6 Å². The van der Waals surface area contributed by atoms with Gasteiger partial charge in [0, 0.05) is 19.2 Å². The van der Waals surface area contributed by atoms with Crippen LogP contribution in [0.25, 0.3) is 0 Å². The molecule has 0 aromatic heterocycles. The molecule has 2 N–H and O–H groups in total. The summed E-state index contributed by atoms with van der Waals surface area (Å²) in [6.45, 7) is 2.88. The Morgan fingerprint density at radius 1 is 1.44 bits per heavy atom. The highest BCUT2D eigenvalue weighted by Gasteiger charge is 2.41. The largest absolute Gasteiger partial charge is 0.335 e. The Morgan fingerprint density at radius 3 is 2.67 bits per heavy atom. The lowest BCUT2D eigenvalue weighted by molar-refractivity contribution is 0.0382. The van der Waals surface area contributed by atoms with Gasteiger partial charge in [0.1, 0.15) is 11.6 Å². The van der Waals surface area contributed by atoms with Crippen molar-refractivity contribution >= 4 is 5.91 Å². The Labute approximate surface area is 105 Å². The molecule has 1 saturated heterocycles. The van der Waals surface area contributed by atoms with E-state index in [0.717, 1.165) is 25.0 Å². The highest BCUT2D eigenvalue weighted by Crippen LogP contribution is 2.25. The van der Waals surface area contributed by atoms with E-state index < -0.39 is 17.5 Å². The fourth-order valence-electron chi connectivity index (χ4n) is 2.35. The van der Waals surface area contributed by atoms with Gasteiger partial charge in [0.25, 0.3) is 5.91 Å². The molecular weight excluding hydrogens is 238 g/mol. The summed E-state index contributed by atoms with van der Waals surface area (Å²) in [6, 6.07) is 2.97. The van der Waals surface area contributed by atoms with Crippen molar-refractivity contribution in [3.63, 3.8) is 0 Å². The number of likely N-dealkylation sites (tertiary alicyclic amines) is 1. The van der Waals surface area contributed by atoms with Crippen molar-refractivity contribution in [2.75, 3.05) is 13.1 Å². The van der Waals surface area contributed by atoms with Gasteiger partial charge in [-0.1, -0.05) is 13.3 Å². The number of nitrogens with zero attached hydrogens (tertiary/aromatic N) is 1. The maximum absolute atomic E-state index is 13.4. The molecule has 1 aliphatic rings. The molecule has 0 saturated carbocycles. The topological polar surface area (TPSA) is 46.3 Å². The molecule has 0 atom stereocenters. The normalized spacial score (nSPS) is 17.4. The van der Waals surface area contributed by atoms with E-state index in [9.17, 15) is 13.6 Å². The lowest BCUT2D eigenvalue weighted by Crippen LogP contribution is -2.68. The molecule has 0 spiro atoms. The molecule has 0 unspecified atom stereocenters. The number of rotatable bonds is 3. The van der Waals surface area contributed by atoms with Crippen molar-refractivity contribution in [1.82, 2.24) is 4.90 Å². The minimum atomic E-state index is -0.829. The quantitative estimate of drug-likeness (QED) is 0.895. The van der Waals surface area contributed by atoms with Gasteiger partial charge in [-0.25, -0.2) is 8.78 Å². The molecule has 3 nitrogen and oxygen atoms in total. The SMILES string of the molecule is CCCC1(N)CN(C(=O)c2ccc(F)cc2F)C1. The minimum Gasteiger partial charge on any atom is -0.335 e. The molecule has 1 aliphatic heterocycles. The number of hydrogen-bond donors (Lipinski definition) is 1. The van der Waals surface area contributed by atoms with Crippen molar-refractivity contribution in [2.24, 2.45) is 5.73 Å². The first-order chi connectivity index (χ1) is 8.45. The van der Waals surface area contributed by atoms with Crippen LogP contribution in [-0.4, -0.2) is 29.4 Å². The van der Waals surface area contributed by atoms with E-state index in [-0.39, 0.29) is 11.1 Å². The van der Waals surface area contributed by atoms with Gasteiger partial charge in [0.2, 0.25) is 0 Å². The van der Waals surface area contributed by atoms with Crippen LogP contribution in [0.15, 0.2) is 18.2 Å². The number of amides is 1. The summed E-state index contributed by atoms with van der Waals surface area (Å²) in [7, 11) is 0. The number of hydrogen-bond acceptors (Lipinski definition) is 2. The second-order valence-electron chi connectivity index (χ2n) is 4.90. The summed E-state index contributed by atoms with van der Waals surface area (Å²) >= 11 is 0. The molecular formula is C13H16F2N2O. The van der Waals surface area contributed by atoms with Crippen molar-refractivity contribution in [3.8, 4) is 0 Å². The first-order valence-electron chi connectivity index (χ1n) is 5.98. The number of carbonyl (C=O) groups excluding carboxylic acids is 1. The monoisotopic (exact) mass is 254 g/mol. The summed E-state index contributed by atoms with van der Waals surface area (Å²) in [5.41, 5.74) is 5.59. The molecule has 0 radical (unpaired) electrons. The molecule has 2 rings (SSSR count). The third-order valence-corrected chi connectivity index (χ3v) is 3.21. The van der Waals surface area contributed by atoms with Crippen molar-refractivity contribution < 1.29 is 13.6 Å². The van der Waals surface area contributed by atoms with Crippen molar-refractivity contribution in [1.29, 1.82) is 0 Å². The van der Waals surface area contributed by atoms with Crippen LogP contribution in [0.3, 0.4) is 0 Å². The number of carbonyl (C=O) groups is 1. The van der Waals surface area contributed by atoms with Crippen molar-refractivity contribution in [2.45, 2.75) is 25.3 Å². The summed E-state index contributed by atoms with van der Waals surface area (Å²) in [6.07, 6.45) is 1.78. The van der Waals surface area contributed by atoms with Crippen LogP contribution in [0.2, 0.25) is 0 Å². The molecule has 0 aliphatic carbocycles. The Bertz CT molecular complexity index is 470. The predicted octanol–water partition coefficient (Wildman–Crippen LogP) is 1.92. The maximum atomic E-state index is 13.4. The van der Waals surface area contributed by atoms with Gasteiger partial charge in [-0.2, -0.15) is 0 Å². The zero-order chi connectivity index (χ0) is 13.3. The van der Waals surface area contributed by atoms with Gasteiger partial charge < -0.3 is 10.6 Å². The first-order valence-corrected chi connectivity index (χ1v) is 5.98. The van der Waals surface area contributed by atoms with Crippen LogP contribution < -0.4 is 5.73 Å². The average molecular weight is 254 g/mol. The zero-order valence-electron chi connectivity index (χ0n) is 10.2. The lowest BCUT2D eigenvalue weighted by Gasteiger charge is -2.47. The third kappa shape index (κ3) is 2.36. The second kappa shape index (κ2) is 4.65. The summed E-state index contributed by atoms with van der Waals surface area (Å²) < 4.78 is 26.2. The van der Waals surface area contributed by atoms with Crippen LogP contribution in [0, 0.1) is 11.6 Å². The Kier molecular flexibility index (Phi) is 3.34. The molecule has 0 bridgehead atoms. The zero-order valence-corrected chi connectivity index (χ0v) is 10.2. The molecule has 1 fully saturated rings. The standard InChI is InChI=1S/C13H16F2N2O/c1-2-5-13(16)7-17(8-13)12(18)10-4-3-9(14)6-11(10)15/h3-4,6H,2,5,7-8,16H2,1H3. The molecule has 1 heterocycles. The van der Waals surface area contributed by atoms with Crippen LogP contribution in [0.1, 0.15) is 30.1 Å². The van der Waals surface area contributed by atoms with E-state index >= 15 is 0 Å². The number of halogens is 2. The van der Waals surface area contributed by atoms with Crippen LogP contribution in [0.5, 0.6) is 0 Å². The van der Waals surface area contributed by atoms with Crippen LogP contribution in [0.4, 0.5) is 8.78 Å². The minimum absolute atomic E-state index is 0.102. The Hall–Kier alpha value is -1.49. The molecule has 18 heavy (non-hydrogen) atoms.